The Morgan fingerprint density at radius 2 is 1.33 bits per heavy atom. The molecule has 6 nitrogen and oxygen atoms in total. The number of hydrogen-bond acceptors (Lipinski definition) is 4. The van der Waals surface area contributed by atoms with E-state index in [1.54, 1.807) is 12.1 Å². The molecule has 0 spiro atoms. The van der Waals surface area contributed by atoms with Gasteiger partial charge in [0.15, 0.2) is 0 Å². The highest BCUT2D eigenvalue weighted by Crippen LogP contribution is 2.52. The number of hydrogen-bond donors (Lipinski definition) is 2. The number of aromatic nitrogens is 1. The molecule has 2 atom stereocenters. The van der Waals surface area contributed by atoms with E-state index in [2.05, 4.69) is 24.1 Å². The van der Waals surface area contributed by atoms with Crippen molar-refractivity contribution in [3.05, 3.63) is 55.6 Å². The SMILES string of the molecule is CCCCCCCCC1=CC2C(=O)NC(=O)C1(CCCCCCCC)c1c2c2ccc1c(=O)[nH]c2=O. The van der Waals surface area contributed by atoms with Gasteiger partial charge in [-0.25, -0.2) is 0 Å². The lowest BCUT2D eigenvalue weighted by Crippen LogP contribution is -2.46. The van der Waals surface area contributed by atoms with Crippen molar-refractivity contribution in [2.45, 2.75) is 115 Å². The van der Waals surface area contributed by atoms with Crippen LogP contribution in [0.3, 0.4) is 0 Å². The van der Waals surface area contributed by atoms with E-state index in [4.69, 9.17) is 0 Å². The molecule has 6 heteroatoms. The first-order chi connectivity index (χ1) is 17.5. The molecule has 3 aromatic rings. The summed E-state index contributed by atoms with van der Waals surface area (Å²) in [5, 5.41) is 3.35. The summed E-state index contributed by atoms with van der Waals surface area (Å²) in [6.45, 7) is 4.39. The smallest absolute Gasteiger partial charge is 0.258 e. The van der Waals surface area contributed by atoms with E-state index < -0.39 is 28.4 Å². The standard InChI is InChI=1S/C30H40N2O4/c1-3-5-7-9-11-13-15-20-19-23-24-21-16-17-22(27(34)31-26(21)33)25(24)30(20,29(36)32-28(23)35)18-14-12-10-8-6-4-2/h16-17,19,23H,3-15,18H2,1-2H3,(H,31,33,34)(H,32,35,36). The fraction of sp³-hybridized carbons (Fsp3) is 0.600. The number of benzene rings is 1. The predicted octanol–water partition coefficient (Wildman–Crippen LogP) is 5.75. The molecule has 194 valence electrons. The van der Waals surface area contributed by atoms with Crippen LogP contribution in [0.4, 0.5) is 0 Å². The van der Waals surface area contributed by atoms with E-state index in [1.807, 2.05) is 6.08 Å². The second-order valence-corrected chi connectivity index (χ2v) is 10.7. The number of aromatic amines is 1. The lowest BCUT2D eigenvalue weighted by molar-refractivity contribution is -0.132. The van der Waals surface area contributed by atoms with Crippen molar-refractivity contribution in [1.82, 2.24) is 10.3 Å². The van der Waals surface area contributed by atoms with Crippen LogP contribution in [0, 0.1) is 0 Å². The summed E-state index contributed by atoms with van der Waals surface area (Å²) < 4.78 is 0. The second kappa shape index (κ2) is 11.5. The Hall–Kier alpha value is -2.76. The quantitative estimate of drug-likeness (QED) is 0.199. The summed E-state index contributed by atoms with van der Waals surface area (Å²) in [5.41, 5.74) is 0.0490. The van der Waals surface area contributed by atoms with Gasteiger partial charge in [-0.15, -0.1) is 0 Å². The summed E-state index contributed by atoms with van der Waals surface area (Å²) in [6.07, 6.45) is 16.5. The highest BCUT2D eigenvalue weighted by molar-refractivity contribution is 6.12. The molecule has 4 heterocycles. The van der Waals surface area contributed by atoms with Crippen LogP contribution in [-0.2, 0) is 15.0 Å². The van der Waals surface area contributed by atoms with Crippen molar-refractivity contribution in [3.8, 4) is 0 Å². The molecule has 2 unspecified atom stereocenters. The first-order valence-corrected chi connectivity index (χ1v) is 14.0. The molecule has 0 saturated carbocycles. The minimum absolute atomic E-state index is 0.330. The molecule has 1 aromatic carbocycles. The maximum atomic E-state index is 13.9. The monoisotopic (exact) mass is 492 g/mol. The summed E-state index contributed by atoms with van der Waals surface area (Å²) in [6, 6.07) is 3.30. The maximum Gasteiger partial charge on any atom is 0.258 e. The van der Waals surface area contributed by atoms with Crippen LogP contribution in [0.25, 0.3) is 10.8 Å². The van der Waals surface area contributed by atoms with Crippen molar-refractivity contribution in [2.75, 3.05) is 0 Å². The molecule has 2 aromatic heterocycles. The largest absolute Gasteiger partial charge is 0.295 e. The van der Waals surface area contributed by atoms with Crippen LogP contribution in [0.1, 0.15) is 121 Å². The Labute approximate surface area is 213 Å². The fourth-order valence-electron chi connectivity index (χ4n) is 6.34. The van der Waals surface area contributed by atoms with Crippen LogP contribution in [-0.4, -0.2) is 16.8 Å². The minimum Gasteiger partial charge on any atom is -0.295 e. The van der Waals surface area contributed by atoms with E-state index in [9.17, 15) is 19.2 Å². The van der Waals surface area contributed by atoms with E-state index in [0.717, 1.165) is 50.5 Å². The Balaban J connectivity index is 1.77. The normalized spacial score (nSPS) is 20.9. The van der Waals surface area contributed by atoms with Gasteiger partial charge in [-0.3, -0.25) is 29.5 Å². The first kappa shape index (κ1) is 26.3. The number of unbranched alkanes of at least 4 members (excludes halogenated alkanes) is 10. The highest BCUT2D eigenvalue weighted by Gasteiger charge is 2.53. The van der Waals surface area contributed by atoms with E-state index in [-0.39, 0.29) is 5.91 Å². The lowest BCUT2D eigenvalue weighted by atomic mass is 9.62. The molecule has 36 heavy (non-hydrogen) atoms. The van der Waals surface area contributed by atoms with Gasteiger partial charge in [-0.05, 0) is 42.5 Å². The zero-order valence-electron chi connectivity index (χ0n) is 21.8. The van der Waals surface area contributed by atoms with Crippen molar-refractivity contribution >= 4 is 22.6 Å². The topological polar surface area (TPSA) is 96.1 Å². The number of amides is 2. The molecule has 1 aliphatic carbocycles. The van der Waals surface area contributed by atoms with Gasteiger partial charge < -0.3 is 0 Å². The summed E-state index contributed by atoms with van der Waals surface area (Å²) in [7, 11) is 0. The van der Waals surface area contributed by atoms with Gasteiger partial charge in [0.25, 0.3) is 11.1 Å². The summed E-state index contributed by atoms with van der Waals surface area (Å²) in [4.78, 5) is 55.5. The maximum absolute atomic E-state index is 13.9. The molecular weight excluding hydrogens is 452 g/mol. The lowest BCUT2D eigenvalue weighted by Gasteiger charge is -2.38. The number of imide groups is 1. The number of rotatable bonds is 14. The molecule has 3 aliphatic rings. The van der Waals surface area contributed by atoms with Gasteiger partial charge in [0.05, 0.1) is 11.3 Å². The average Bonchev–Trinajstić information content (AvgIpc) is 3.16. The van der Waals surface area contributed by atoms with Crippen LogP contribution in [0.15, 0.2) is 33.4 Å². The Kier molecular flexibility index (Phi) is 8.43. The third-order valence-electron chi connectivity index (χ3n) is 8.23. The van der Waals surface area contributed by atoms with Gasteiger partial charge in [0.2, 0.25) is 11.8 Å². The molecule has 0 saturated heterocycles. The molecule has 0 fully saturated rings. The molecular formula is C30H40N2O4. The van der Waals surface area contributed by atoms with E-state index in [0.29, 0.717) is 28.3 Å². The number of carbonyl (C=O) groups is 2. The first-order valence-electron chi connectivity index (χ1n) is 14.0. The van der Waals surface area contributed by atoms with Gasteiger partial charge >= 0.3 is 0 Å². The second-order valence-electron chi connectivity index (χ2n) is 10.7. The Bertz CT molecular complexity index is 1240. The molecule has 6 rings (SSSR count). The Morgan fingerprint density at radius 3 is 2.03 bits per heavy atom. The van der Waals surface area contributed by atoms with Crippen LogP contribution in [0.2, 0.25) is 0 Å². The van der Waals surface area contributed by atoms with E-state index >= 15 is 0 Å². The van der Waals surface area contributed by atoms with Crippen LogP contribution < -0.4 is 16.4 Å². The van der Waals surface area contributed by atoms with Crippen LogP contribution in [0.5, 0.6) is 0 Å². The van der Waals surface area contributed by atoms with Gasteiger partial charge in [0, 0.05) is 10.8 Å². The van der Waals surface area contributed by atoms with Crippen molar-refractivity contribution in [3.63, 3.8) is 0 Å². The molecule has 2 amide bonds. The van der Waals surface area contributed by atoms with Crippen molar-refractivity contribution < 1.29 is 9.59 Å². The third-order valence-corrected chi connectivity index (χ3v) is 8.23. The summed E-state index contributed by atoms with van der Waals surface area (Å²) in [5.74, 6) is -1.46. The van der Waals surface area contributed by atoms with Gasteiger partial charge in [-0.2, -0.15) is 0 Å². The fourth-order valence-corrected chi connectivity index (χ4v) is 6.34. The zero-order valence-corrected chi connectivity index (χ0v) is 21.8. The predicted molar refractivity (Wildman–Crippen MR) is 144 cm³/mol. The van der Waals surface area contributed by atoms with E-state index in [1.165, 1.54) is 38.5 Å². The summed E-state index contributed by atoms with van der Waals surface area (Å²) >= 11 is 0. The number of fused-ring (bicyclic) bond motifs is 5. The molecule has 2 aliphatic heterocycles. The average molecular weight is 493 g/mol. The minimum atomic E-state index is -1.08. The number of carbonyl (C=O) groups excluding carboxylic acids is 2. The molecule has 0 radical (unpaired) electrons. The Morgan fingerprint density at radius 1 is 0.750 bits per heavy atom. The van der Waals surface area contributed by atoms with Crippen molar-refractivity contribution in [1.29, 1.82) is 0 Å². The third kappa shape index (κ3) is 4.79. The van der Waals surface area contributed by atoms with Crippen molar-refractivity contribution in [2.24, 2.45) is 0 Å². The highest BCUT2D eigenvalue weighted by atomic mass is 16.2. The van der Waals surface area contributed by atoms with Crippen LogP contribution >= 0.6 is 0 Å². The van der Waals surface area contributed by atoms with Gasteiger partial charge in [-0.1, -0.05) is 96.1 Å². The number of H-pyrrole nitrogens is 1. The van der Waals surface area contributed by atoms with Gasteiger partial charge in [0.1, 0.15) is 0 Å². The molecule has 2 N–H and O–H groups in total. The number of nitrogens with one attached hydrogen (secondary N) is 2. The molecule has 4 bridgehead atoms. The zero-order chi connectivity index (χ0) is 25.7.